The Hall–Kier alpha value is -1.92. The first-order chi connectivity index (χ1) is 10.4. The highest BCUT2D eigenvalue weighted by Crippen LogP contribution is 2.48. The molecule has 0 radical (unpaired) electrons. The van der Waals surface area contributed by atoms with Crippen LogP contribution < -0.4 is 0 Å². The van der Waals surface area contributed by atoms with Gasteiger partial charge in [-0.15, -0.1) is 0 Å². The number of hydrogen-bond donors (Lipinski definition) is 0. The minimum absolute atomic E-state index is 0.00198. The van der Waals surface area contributed by atoms with E-state index in [4.69, 9.17) is 0 Å². The summed E-state index contributed by atoms with van der Waals surface area (Å²) in [5.74, 6) is 0.00198. The van der Waals surface area contributed by atoms with Gasteiger partial charge in [-0.3, -0.25) is 9.69 Å². The first-order valence-electron chi connectivity index (χ1n) is 7.88. The predicted molar refractivity (Wildman–Crippen MR) is 85.9 cm³/mol. The molecular weight excluding hydrogens is 272 g/mol. The van der Waals surface area contributed by atoms with E-state index in [-0.39, 0.29) is 11.2 Å². The van der Waals surface area contributed by atoms with E-state index < -0.39 is 5.41 Å². The van der Waals surface area contributed by atoms with Crippen molar-refractivity contribution in [1.29, 1.82) is 5.26 Å². The molecule has 1 unspecified atom stereocenters. The lowest BCUT2D eigenvalue weighted by atomic mass is 9.64. The largest absolute Gasteiger partial charge is 0.298 e. The van der Waals surface area contributed by atoms with Crippen molar-refractivity contribution in [1.82, 2.24) is 4.90 Å². The molecule has 1 aliphatic carbocycles. The molecule has 1 saturated heterocycles. The number of benzene rings is 1. The summed E-state index contributed by atoms with van der Waals surface area (Å²) in [7, 11) is 0. The van der Waals surface area contributed by atoms with Crippen molar-refractivity contribution in [2.24, 2.45) is 10.8 Å². The van der Waals surface area contributed by atoms with Crippen LogP contribution in [0.3, 0.4) is 0 Å². The van der Waals surface area contributed by atoms with E-state index in [1.165, 1.54) is 5.56 Å². The summed E-state index contributed by atoms with van der Waals surface area (Å²) in [5, 5.41) is 9.29. The number of hydrogen-bond acceptors (Lipinski definition) is 3. The Morgan fingerprint density at radius 2 is 2.00 bits per heavy atom. The number of carbonyl (C=O) groups excluding carboxylic acids is 1. The first-order valence-corrected chi connectivity index (χ1v) is 7.88. The van der Waals surface area contributed by atoms with Gasteiger partial charge in [0, 0.05) is 23.9 Å². The van der Waals surface area contributed by atoms with Crippen LogP contribution >= 0.6 is 0 Å². The molecule has 0 amide bonds. The van der Waals surface area contributed by atoms with Gasteiger partial charge in [0.25, 0.3) is 0 Å². The number of nitrogens with zero attached hydrogens (tertiary/aromatic N) is 2. The van der Waals surface area contributed by atoms with E-state index >= 15 is 0 Å². The molecule has 0 N–H and O–H groups in total. The maximum absolute atomic E-state index is 12.3. The van der Waals surface area contributed by atoms with Crippen molar-refractivity contribution in [3.05, 3.63) is 47.5 Å². The fourth-order valence-electron chi connectivity index (χ4n) is 4.05. The van der Waals surface area contributed by atoms with Crippen molar-refractivity contribution in [3.63, 3.8) is 0 Å². The lowest BCUT2D eigenvalue weighted by Gasteiger charge is -2.38. The number of carbonyl (C=O) groups is 1. The smallest absolute Gasteiger partial charge is 0.178 e. The highest BCUT2D eigenvalue weighted by Gasteiger charge is 2.47. The molecule has 114 valence electrons. The molecule has 1 aliphatic heterocycles. The van der Waals surface area contributed by atoms with Gasteiger partial charge in [0.05, 0.1) is 5.57 Å². The molecule has 1 heterocycles. The van der Waals surface area contributed by atoms with Crippen LogP contribution in [0.5, 0.6) is 0 Å². The molecular formula is C19H22N2O. The van der Waals surface area contributed by atoms with Gasteiger partial charge in [0.1, 0.15) is 6.07 Å². The molecule has 0 bridgehead atoms. The molecule has 2 aliphatic rings. The molecule has 1 atom stereocenters. The maximum Gasteiger partial charge on any atom is 0.178 e. The Labute approximate surface area is 132 Å². The molecule has 3 rings (SSSR count). The van der Waals surface area contributed by atoms with Crippen molar-refractivity contribution >= 4 is 5.78 Å². The van der Waals surface area contributed by atoms with Gasteiger partial charge < -0.3 is 0 Å². The summed E-state index contributed by atoms with van der Waals surface area (Å²) < 4.78 is 0. The lowest BCUT2D eigenvalue weighted by molar-refractivity contribution is -0.125. The minimum Gasteiger partial charge on any atom is -0.298 e. The summed E-state index contributed by atoms with van der Waals surface area (Å²) >= 11 is 0. The fourth-order valence-corrected chi connectivity index (χ4v) is 4.05. The zero-order valence-electron chi connectivity index (χ0n) is 13.3. The Balaban J connectivity index is 1.80. The van der Waals surface area contributed by atoms with Gasteiger partial charge in [-0.05, 0) is 24.9 Å². The van der Waals surface area contributed by atoms with Crippen LogP contribution in [-0.2, 0) is 11.3 Å². The van der Waals surface area contributed by atoms with Crippen LogP contribution in [0.25, 0.3) is 0 Å². The number of rotatable bonds is 2. The number of Topliss-reactive ketones (excluding diaryl/α,β-unsaturated/α-hetero) is 1. The Morgan fingerprint density at radius 1 is 1.27 bits per heavy atom. The van der Waals surface area contributed by atoms with Gasteiger partial charge >= 0.3 is 0 Å². The Morgan fingerprint density at radius 3 is 2.68 bits per heavy atom. The van der Waals surface area contributed by atoms with Crippen LogP contribution in [-0.4, -0.2) is 23.8 Å². The van der Waals surface area contributed by atoms with E-state index in [9.17, 15) is 10.1 Å². The molecule has 3 heteroatoms. The third kappa shape index (κ3) is 2.71. The van der Waals surface area contributed by atoms with Crippen LogP contribution in [0.4, 0.5) is 0 Å². The minimum atomic E-state index is -0.428. The Kier molecular flexibility index (Phi) is 3.66. The predicted octanol–water partition coefficient (Wildman–Crippen LogP) is 3.33. The monoisotopic (exact) mass is 294 g/mol. The topological polar surface area (TPSA) is 44.1 Å². The normalized spacial score (nSPS) is 27.7. The molecule has 1 aromatic carbocycles. The molecule has 1 aromatic rings. The average Bonchev–Trinajstić information content (AvgIpc) is 2.86. The van der Waals surface area contributed by atoms with Crippen molar-refractivity contribution in [3.8, 4) is 6.07 Å². The van der Waals surface area contributed by atoms with Crippen molar-refractivity contribution < 1.29 is 4.79 Å². The SMILES string of the molecule is CC1(C)CC2(C=C(C#N)C1=O)CCN(Cc1ccccc1)C2. The van der Waals surface area contributed by atoms with Gasteiger partial charge in [-0.2, -0.15) is 5.26 Å². The standard InChI is InChI=1S/C19H22N2O/c1-18(2)13-19(10-16(11-20)17(18)22)8-9-21(14-19)12-15-6-4-3-5-7-15/h3-7,10H,8-9,12-14H2,1-2H3. The first kappa shape index (κ1) is 15.0. The zero-order chi connectivity index (χ0) is 15.8. The Bertz CT molecular complexity index is 654. The molecule has 1 spiro atoms. The van der Waals surface area contributed by atoms with E-state index in [1.807, 2.05) is 26.0 Å². The summed E-state index contributed by atoms with van der Waals surface area (Å²) in [5.41, 5.74) is 1.23. The van der Waals surface area contributed by atoms with Gasteiger partial charge in [0.2, 0.25) is 0 Å². The van der Waals surface area contributed by atoms with Crippen molar-refractivity contribution in [2.45, 2.75) is 33.2 Å². The van der Waals surface area contributed by atoms with Crippen LogP contribution in [0, 0.1) is 22.2 Å². The van der Waals surface area contributed by atoms with Gasteiger partial charge in [0.15, 0.2) is 5.78 Å². The molecule has 3 nitrogen and oxygen atoms in total. The van der Waals surface area contributed by atoms with Gasteiger partial charge in [-0.25, -0.2) is 0 Å². The number of likely N-dealkylation sites (tertiary alicyclic amines) is 1. The van der Waals surface area contributed by atoms with Crippen LogP contribution in [0.15, 0.2) is 42.0 Å². The van der Waals surface area contributed by atoms with E-state index in [2.05, 4.69) is 35.2 Å². The lowest BCUT2D eigenvalue weighted by Crippen LogP contribution is -2.39. The third-order valence-electron chi connectivity index (χ3n) is 4.94. The summed E-state index contributed by atoms with van der Waals surface area (Å²) in [4.78, 5) is 14.7. The molecule has 1 fully saturated rings. The van der Waals surface area contributed by atoms with Crippen molar-refractivity contribution in [2.75, 3.05) is 13.1 Å². The second kappa shape index (κ2) is 5.37. The summed E-state index contributed by atoms with van der Waals surface area (Å²) in [6.45, 7) is 6.84. The number of nitriles is 1. The fraction of sp³-hybridized carbons (Fsp3) is 0.474. The molecule has 22 heavy (non-hydrogen) atoms. The highest BCUT2D eigenvalue weighted by atomic mass is 16.1. The number of allylic oxidation sites excluding steroid dienone is 1. The zero-order valence-corrected chi connectivity index (χ0v) is 13.3. The quantitative estimate of drug-likeness (QED) is 0.840. The summed E-state index contributed by atoms with van der Waals surface area (Å²) in [6, 6.07) is 12.6. The van der Waals surface area contributed by atoms with Crippen LogP contribution in [0.1, 0.15) is 32.3 Å². The average molecular weight is 294 g/mol. The highest BCUT2D eigenvalue weighted by molar-refractivity contribution is 6.03. The second-order valence-electron chi connectivity index (χ2n) is 7.37. The molecule has 0 aromatic heterocycles. The van der Waals surface area contributed by atoms with E-state index in [0.717, 1.165) is 32.5 Å². The number of ketones is 1. The van der Waals surface area contributed by atoms with E-state index in [1.54, 1.807) is 0 Å². The van der Waals surface area contributed by atoms with E-state index in [0.29, 0.717) is 5.57 Å². The van der Waals surface area contributed by atoms with Gasteiger partial charge in [-0.1, -0.05) is 50.3 Å². The summed E-state index contributed by atoms with van der Waals surface area (Å²) in [6.07, 6.45) is 3.84. The maximum atomic E-state index is 12.3. The second-order valence-corrected chi connectivity index (χ2v) is 7.37. The third-order valence-corrected chi connectivity index (χ3v) is 4.94. The van der Waals surface area contributed by atoms with Crippen LogP contribution in [0.2, 0.25) is 0 Å². The molecule has 0 saturated carbocycles.